The van der Waals surface area contributed by atoms with E-state index < -0.39 is 0 Å². The molecule has 4 heteroatoms. The van der Waals surface area contributed by atoms with E-state index in [0.717, 1.165) is 31.1 Å². The third-order valence-corrected chi connectivity index (χ3v) is 2.58. The van der Waals surface area contributed by atoms with Crippen molar-refractivity contribution in [3.05, 3.63) is 18.1 Å². The lowest BCUT2D eigenvalue weighted by molar-refractivity contribution is 0.497. The molecule has 76 valence electrons. The van der Waals surface area contributed by atoms with Gasteiger partial charge in [0.05, 0.1) is 0 Å². The molecule has 1 aliphatic rings. The van der Waals surface area contributed by atoms with Crippen LogP contribution in [0.3, 0.4) is 0 Å². The van der Waals surface area contributed by atoms with Gasteiger partial charge in [-0.1, -0.05) is 0 Å². The van der Waals surface area contributed by atoms with Crippen LogP contribution in [0, 0.1) is 6.92 Å². The van der Waals surface area contributed by atoms with Gasteiger partial charge in [0.1, 0.15) is 12.1 Å². The predicted molar refractivity (Wildman–Crippen MR) is 56.4 cm³/mol. The minimum absolute atomic E-state index is 0.512. The van der Waals surface area contributed by atoms with Gasteiger partial charge in [0.15, 0.2) is 0 Å². The topological polar surface area (TPSA) is 41.0 Å². The molecule has 0 saturated carbocycles. The Morgan fingerprint density at radius 2 is 2.36 bits per heavy atom. The molecule has 0 spiro atoms. The average Bonchev–Trinajstić information content (AvgIpc) is 2.18. The average molecular weight is 192 g/mol. The number of nitrogens with zero attached hydrogens (tertiary/aromatic N) is 3. The van der Waals surface area contributed by atoms with Crippen molar-refractivity contribution in [3.63, 3.8) is 0 Å². The van der Waals surface area contributed by atoms with Crippen molar-refractivity contribution < 1.29 is 0 Å². The summed E-state index contributed by atoms with van der Waals surface area (Å²) in [6.07, 6.45) is 1.64. The zero-order valence-corrected chi connectivity index (χ0v) is 8.70. The van der Waals surface area contributed by atoms with E-state index in [2.05, 4.69) is 27.1 Å². The molecule has 2 heterocycles. The molecule has 0 radical (unpaired) electrons. The first-order chi connectivity index (χ1) is 6.77. The highest BCUT2D eigenvalue weighted by Gasteiger charge is 2.18. The Morgan fingerprint density at radius 3 is 3.07 bits per heavy atom. The van der Waals surface area contributed by atoms with Crippen LogP contribution in [0.2, 0.25) is 0 Å². The van der Waals surface area contributed by atoms with Crippen molar-refractivity contribution in [2.45, 2.75) is 19.9 Å². The Balaban J connectivity index is 2.20. The van der Waals surface area contributed by atoms with Gasteiger partial charge in [0.2, 0.25) is 0 Å². The Bertz CT molecular complexity index is 313. The first kappa shape index (κ1) is 9.40. The number of piperazine rings is 1. The number of aromatic nitrogens is 2. The minimum Gasteiger partial charge on any atom is -0.351 e. The van der Waals surface area contributed by atoms with Crippen LogP contribution in [0.1, 0.15) is 12.6 Å². The second kappa shape index (κ2) is 3.92. The van der Waals surface area contributed by atoms with Gasteiger partial charge in [0, 0.05) is 37.4 Å². The SMILES string of the molecule is Cc1cc(N2CCNC[C@H]2C)ncn1. The Kier molecular flexibility index (Phi) is 2.63. The standard InChI is InChI=1S/C10H16N4/c1-8-5-10(13-7-12-8)14-4-3-11-6-9(14)2/h5,7,9,11H,3-4,6H2,1-2H3/t9-/m1/s1. The van der Waals surface area contributed by atoms with Gasteiger partial charge in [-0.15, -0.1) is 0 Å². The monoisotopic (exact) mass is 192 g/mol. The number of rotatable bonds is 1. The van der Waals surface area contributed by atoms with E-state index in [1.165, 1.54) is 0 Å². The molecule has 1 N–H and O–H groups in total. The lowest BCUT2D eigenvalue weighted by Crippen LogP contribution is -2.50. The van der Waals surface area contributed by atoms with E-state index in [1.807, 2.05) is 13.0 Å². The molecule has 0 aromatic carbocycles. The van der Waals surface area contributed by atoms with Crippen molar-refractivity contribution in [2.75, 3.05) is 24.5 Å². The Hall–Kier alpha value is -1.16. The number of aryl methyl sites for hydroxylation is 1. The maximum atomic E-state index is 4.30. The Labute approximate surface area is 84.4 Å². The fraction of sp³-hybridized carbons (Fsp3) is 0.600. The highest BCUT2D eigenvalue weighted by atomic mass is 15.3. The molecule has 0 aliphatic carbocycles. The van der Waals surface area contributed by atoms with E-state index in [4.69, 9.17) is 0 Å². The predicted octanol–water partition coefficient (Wildman–Crippen LogP) is 0.583. The van der Waals surface area contributed by atoms with Crippen LogP contribution in [-0.4, -0.2) is 35.6 Å². The molecule has 1 saturated heterocycles. The van der Waals surface area contributed by atoms with Crippen LogP contribution < -0.4 is 10.2 Å². The molecule has 0 bridgehead atoms. The highest BCUT2D eigenvalue weighted by Crippen LogP contribution is 2.14. The summed E-state index contributed by atoms with van der Waals surface area (Å²) in [5, 5.41) is 3.36. The number of hydrogen-bond donors (Lipinski definition) is 1. The maximum Gasteiger partial charge on any atom is 0.132 e. The van der Waals surface area contributed by atoms with Crippen molar-refractivity contribution in [2.24, 2.45) is 0 Å². The smallest absolute Gasteiger partial charge is 0.132 e. The zero-order valence-electron chi connectivity index (χ0n) is 8.70. The van der Waals surface area contributed by atoms with E-state index in [1.54, 1.807) is 6.33 Å². The van der Waals surface area contributed by atoms with E-state index in [0.29, 0.717) is 6.04 Å². The molecule has 14 heavy (non-hydrogen) atoms. The summed E-state index contributed by atoms with van der Waals surface area (Å²) in [5.41, 5.74) is 1.03. The number of nitrogens with one attached hydrogen (secondary N) is 1. The van der Waals surface area contributed by atoms with Crippen molar-refractivity contribution in [1.29, 1.82) is 0 Å². The normalized spacial score (nSPS) is 22.4. The van der Waals surface area contributed by atoms with Crippen molar-refractivity contribution in [3.8, 4) is 0 Å². The number of hydrogen-bond acceptors (Lipinski definition) is 4. The van der Waals surface area contributed by atoms with E-state index >= 15 is 0 Å². The summed E-state index contributed by atoms with van der Waals surface area (Å²) in [4.78, 5) is 10.7. The second-order valence-electron chi connectivity index (χ2n) is 3.76. The van der Waals surface area contributed by atoms with E-state index in [9.17, 15) is 0 Å². The van der Waals surface area contributed by atoms with Crippen molar-refractivity contribution >= 4 is 5.82 Å². The van der Waals surface area contributed by atoms with Gasteiger partial charge < -0.3 is 10.2 Å². The van der Waals surface area contributed by atoms with Crippen LogP contribution in [0.5, 0.6) is 0 Å². The highest BCUT2D eigenvalue weighted by molar-refractivity contribution is 5.40. The molecule has 1 atom stereocenters. The molecule has 0 unspecified atom stereocenters. The zero-order chi connectivity index (χ0) is 9.97. The third kappa shape index (κ3) is 1.85. The summed E-state index contributed by atoms with van der Waals surface area (Å²) in [6, 6.07) is 2.56. The summed E-state index contributed by atoms with van der Waals surface area (Å²) in [7, 11) is 0. The fourth-order valence-electron chi connectivity index (χ4n) is 1.78. The quantitative estimate of drug-likeness (QED) is 0.707. The third-order valence-electron chi connectivity index (χ3n) is 2.58. The van der Waals surface area contributed by atoms with Gasteiger partial charge in [0.25, 0.3) is 0 Å². The molecule has 1 fully saturated rings. The van der Waals surface area contributed by atoms with Crippen LogP contribution in [-0.2, 0) is 0 Å². The van der Waals surface area contributed by atoms with Crippen molar-refractivity contribution in [1.82, 2.24) is 15.3 Å². The van der Waals surface area contributed by atoms with E-state index in [-0.39, 0.29) is 0 Å². The summed E-state index contributed by atoms with van der Waals surface area (Å²) < 4.78 is 0. The molecule has 0 amide bonds. The molecule has 1 aliphatic heterocycles. The number of anilines is 1. The molecule has 1 aromatic rings. The molecular weight excluding hydrogens is 176 g/mol. The summed E-state index contributed by atoms with van der Waals surface area (Å²) in [6.45, 7) is 7.30. The van der Waals surface area contributed by atoms with Gasteiger partial charge >= 0.3 is 0 Å². The first-order valence-corrected chi connectivity index (χ1v) is 5.03. The maximum absolute atomic E-state index is 4.30. The molecular formula is C10H16N4. The van der Waals surface area contributed by atoms with Crippen LogP contribution in [0.15, 0.2) is 12.4 Å². The van der Waals surface area contributed by atoms with Gasteiger partial charge in [-0.25, -0.2) is 9.97 Å². The first-order valence-electron chi connectivity index (χ1n) is 5.03. The minimum atomic E-state index is 0.512. The van der Waals surface area contributed by atoms with Gasteiger partial charge in [-0.05, 0) is 13.8 Å². The molecule has 1 aromatic heterocycles. The summed E-state index contributed by atoms with van der Waals surface area (Å²) >= 11 is 0. The van der Waals surface area contributed by atoms with Crippen LogP contribution >= 0.6 is 0 Å². The molecule has 2 rings (SSSR count). The lowest BCUT2D eigenvalue weighted by atomic mass is 10.2. The second-order valence-corrected chi connectivity index (χ2v) is 3.76. The Morgan fingerprint density at radius 1 is 1.50 bits per heavy atom. The lowest BCUT2D eigenvalue weighted by Gasteiger charge is -2.34. The van der Waals surface area contributed by atoms with Crippen LogP contribution in [0.4, 0.5) is 5.82 Å². The summed E-state index contributed by atoms with van der Waals surface area (Å²) in [5.74, 6) is 1.05. The van der Waals surface area contributed by atoms with Crippen LogP contribution in [0.25, 0.3) is 0 Å². The van der Waals surface area contributed by atoms with Gasteiger partial charge in [-0.3, -0.25) is 0 Å². The fourth-order valence-corrected chi connectivity index (χ4v) is 1.78. The van der Waals surface area contributed by atoms with Gasteiger partial charge in [-0.2, -0.15) is 0 Å². The largest absolute Gasteiger partial charge is 0.351 e. The molecule has 4 nitrogen and oxygen atoms in total.